The zero-order valence-electron chi connectivity index (χ0n) is 16.8. The molecular weight excluding hydrogens is 354 g/mol. The van der Waals surface area contributed by atoms with Crippen molar-refractivity contribution in [1.29, 1.82) is 0 Å². The van der Waals surface area contributed by atoms with E-state index in [0.717, 1.165) is 56.6 Å². The summed E-state index contributed by atoms with van der Waals surface area (Å²) in [7, 11) is 0. The largest absolute Gasteiger partial charge is 0.370 e. The van der Waals surface area contributed by atoms with E-state index in [9.17, 15) is 0 Å². The third-order valence-electron chi connectivity index (χ3n) is 4.22. The van der Waals surface area contributed by atoms with Crippen LogP contribution in [0.3, 0.4) is 0 Å². The lowest BCUT2D eigenvalue weighted by molar-refractivity contribution is 0.629. The number of fused-ring (bicyclic) bond motifs is 2. The van der Waals surface area contributed by atoms with Crippen molar-refractivity contribution in [3.63, 3.8) is 0 Å². The number of nitrogens with zero attached hydrogens (tertiary/aromatic N) is 2. The number of nitrogens with one attached hydrogen (secondary N) is 3. The fourth-order valence-electron chi connectivity index (χ4n) is 3.10. The quantitative estimate of drug-likeness (QED) is 0.548. The molecule has 1 aliphatic heterocycles. The van der Waals surface area contributed by atoms with Gasteiger partial charge in [-0.05, 0) is 39.8 Å². The minimum absolute atomic E-state index is 0.0759. The zero-order chi connectivity index (χ0) is 19.8. The van der Waals surface area contributed by atoms with Crippen LogP contribution in [-0.4, -0.2) is 25.5 Å². The Hall–Kier alpha value is -2.47. The molecule has 0 aliphatic carbocycles. The molecule has 1 aromatic carbocycles. The van der Waals surface area contributed by atoms with Gasteiger partial charge < -0.3 is 15.6 Å². The van der Waals surface area contributed by atoms with Crippen molar-refractivity contribution in [2.45, 2.75) is 53.6 Å². The van der Waals surface area contributed by atoms with E-state index in [1.165, 1.54) is 0 Å². The number of aromatic nitrogens is 3. The van der Waals surface area contributed by atoms with Crippen LogP contribution in [0.15, 0.2) is 24.3 Å². The van der Waals surface area contributed by atoms with Gasteiger partial charge in [0.2, 0.25) is 0 Å². The fraction of sp³-hybridized carbons (Fsp3) is 0.381. The second-order valence-electron chi connectivity index (χ2n) is 7.46. The number of hydrogen-bond acceptors (Lipinski definition) is 4. The first-order valence-corrected chi connectivity index (χ1v) is 9.79. The summed E-state index contributed by atoms with van der Waals surface area (Å²) < 4.78 is 0. The van der Waals surface area contributed by atoms with E-state index in [4.69, 9.17) is 22.2 Å². The first kappa shape index (κ1) is 19.3. The van der Waals surface area contributed by atoms with E-state index in [1.807, 2.05) is 32.9 Å². The van der Waals surface area contributed by atoms with Gasteiger partial charge in [-0.1, -0.05) is 38.2 Å². The third kappa shape index (κ3) is 3.81. The predicted molar refractivity (Wildman–Crippen MR) is 117 cm³/mol. The van der Waals surface area contributed by atoms with E-state index in [0.29, 0.717) is 0 Å². The molecule has 1 aliphatic rings. The molecule has 3 heterocycles. The predicted octanol–water partition coefficient (Wildman–Crippen LogP) is 4.95. The number of aromatic amines is 1. The van der Waals surface area contributed by atoms with Crippen LogP contribution < -0.4 is 10.6 Å². The number of anilines is 1. The summed E-state index contributed by atoms with van der Waals surface area (Å²) in [6.45, 7) is 13.1. The number of rotatable bonds is 2. The molecule has 0 saturated heterocycles. The topological polar surface area (TPSA) is 65.6 Å². The summed E-state index contributed by atoms with van der Waals surface area (Å²) in [4.78, 5) is 13.9. The van der Waals surface area contributed by atoms with Crippen molar-refractivity contribution in [3.05, 3.63) is 41.2 Å². The van der Waals surface area contributed by atoms with Gasteiger partial charge in [0.05, 0.1) is 17.8 Å². The maximum atomic E-state index is 5.36. The number of hydrogen-bond donors (Lipinski definition) is 3. The highest BCUT2D eigenvalue weighted by Gasteiger charge is 2.21. The molecule has 6 heteroatoms. The van der Waals surface area contributed by atoms with Crippen molar-refractivity contribution >= 4 is 34.1 Å². The summed E-state index contributed by atoms with van der Waals surface area (Å²) in [5, 5.41) is 6.64. The van der Waals surface area contributed by atoms with Gasteiger partial charge in [-0.2, -0.15) is 0 Å². The molecule has 27 heavy (non-hydrogen) atoms. The van der Waals surface area contributed by atoms with E-state index in [1.54, 1.807) is 0 Å². The highest BCUT2D eigenvalue weighted by molar-refractivity contribution is 7.80. The first-order valence-electron chi connectivity index (χ1n) is 9.38. The summed E-state index contributed by atoms with van der Waals surface area (Å²) >= 11 is 5.36. The Bertz CT molecular complexity index is 998. The number of benzene rings is 1. The molecule has 0 saturated carbocycles. The normalized spacial score (nSPS) is 13.0. The summed E-state index contributed by atoms with van der Waals surface area (Å²) in [6.07, 6.45) is 0. The average Bonchev–Trinajstić information content (AvgIpc) is 3.18. The van der Waals surface area contributed by atoms with Gasteiger partial charge in [-0.3, -0.25) is 0 Å². The average molecular weight is 382 g/mol. The Morgan fingerprint density at radius 3 is 2.52 bits per heavy atom. The highest BCUT2D eigenvalue weighted by atomic mass is 32.1. The summed E-state index contributed by atoms with van der Waals surface area (Å²) in [5.41, 5.74) is 6.88. The van der Waals surface area contributed by atoms with E-state index >= 15 is 0 Å². The van der Waals surface area contributed by atoms with Gasteiger partial charge in [-0.15, -0.1) is 0 Å². The van der Waals surface area contributed by atoms with E-state index in [2.05, 4.69) is 48.5 Å². The molecule has 5 nitrogen and oxygen atoms in total. The lowest BCUT2D eigenvalue weighted by atomic mass is 10.1. The number of thiocarbonyl (C=S) groups is 1. The van der Waals surface area contributed by atoms with E-state index < -0.39 is 0 Å². The Morgan fingerprint density at radius 1 is 1.11 bits per heavy atom. The molecule has 0 unspecified atom stereocenters. The van der Waals surface area contributed by atoms with Gasteiger partial charge in [0.15, 0.2) is 0 Å². The number of aryl methyl sites for hydroxylation is 1. The smallest absolute Gasteiger partial charge is 0.148 e. The van der Waals surface area contributed by atoms with Crippen molar-refractivity contribution < 1.29 is 0 Å². The standard InChI is InChI=1S/C19H21N5S.C2H6/c1-10-17(24-19(2,3)4)23-16-11(6-5-7-13(16)21-10)14-8-12-15(22-14)9-20-18(12)25;1-2/h5-8,22H,9H2,1-4H3,(H,20,25)(H,23,24);1-2H3. The molecule has 0 spiro atoms. The van der Waals surface area contributed by atoms with Crippen molar-refractivity contribution in [2.24, 2.45) is 0 Å². The molecule has 142 valence electrons. The Balaban J connectivity index is 0.00000102. The SMILES string of the molecule is CC.Cc1nc2cccc(-c3cc4c([nH]3)CNC4=S)c2nc1NC(C)(C)C. The van der Waals surface area contributed by atoms with Crippen LogP contribution in [0.2, 0.25) is 0 Å². The molecule has 2 aromatic heterocycles. The first-order chi connectivity index (χ1) is 12.8. The monoisotopic (exact) mass is 381 g/mol. The van der Waals surface area contributed by atoms with Gasteiger partial charge >= 0.3 is 0 Å². The molecule has 0 radical (unpaired) electrons. The minimum Gasteiger partial charge on any atom is -0.370 e. The highest BCUT2D eigenvalue weighted by Crippen LogP contribution is 2.31. The minimum atomic E-state index is -0.0759. The van der Waals surface area contributed by atoms with E-state index in [-0.39, 0.29) is 5.54 Å². The van der Waals surface area contributed by atoms with Crippen LogP contribution >= 0.6 is 12.2 Å². The molecular formula is C21H27N5S. The Morgan fingerprint density at radius 2 is 1.85 bits per heavy atom. The lowest BCUT2D eigenvalue weighted by Crippen LogP contribution is -2.27. The van der Waals surface area contributed by atoms with Gasteiger partial charge in [-0.25, -0.2) is 9.97 Å². The molecule has 0 amide bonds. The van der Waals surface area contributed by atoms with Crippen LogP contribution in [0, 0.1) is 6.92 Å². The Kier molecular flexibility index (Phi) is 5.20. The summed E-state index contributed by atoms with van der Waals surface area (Å²) in [5.74, 6) is 0.823. The maximum absolute atomic E-state index is 5.36. The molecule has 3 N–H and O–H groups in total. The van der Waals surface area contributed by atoms with Gasteiger partial charge in [0.1, 0.15) is 16.3 Å². The van der Waals surface area contributed by atoms with Crippen LogP contribution in [0.25, 0.3) is 22.3 Å². The Labute approximate surface area is 166 Å². The maximum Gasteiger partial charge on any atom is 0.148 e. The van der Waals surface area contributed by atoms with Crippen molar-refractivity contribution in [1.82, 2.24) is 20.3 Å². The number of para-hydroxylation sites is 1. The van der Waals surface area contributed by atoms with Gasteiger partial charge in [0, 0.05) is 28.1 Å². The van der Waals surface area contributed by atoms with Gasteiger partial charge in [0.25, 0.3) is 0 Å². The third-order valence-corrected chi connectivity index (χ3v) is 4.59. The van der Waals surface area contributed by atoms with Crippen molar-refractivity contribution in [2.75, 3.05) is 5.32 Å². The van der Waals surface area contributed by atoms with Crippen LogP contribution in [0.5, 0.6) is 0 Å². The molecule has 0 fully saturated rings. The van der Waals surface area contributed by atoms with Crippen LogP contribution in [0.1, 0.15) is 51.6 Å². The van der Waals surface area contributed by atoms with Crippen molar-refractivity contribution in [3.8, 4) is 11.3 Å². The zero-order valence-corrected chi connectivity index (χ0v) is 17.6. The molecule has 4 rings (SSSR count). The second kappa shape index (κ2) is 7.27. The fourth-order valence-corrected chi connectivity index (χ4v) is 3.36. The molecule has 0 bridgehead atoms. The lowest BCUT2D eigenvalue weighted by Gasteiger charge is -2.22. The molecule has 0 atom stereocenters. The summed E-state index contributed by atoms with van der Waals surface area (Å²) in [6, 6.07) is 8.20. The van der Waals surface area contributed by atoms with Crippen LogP contribution in [-0.2, 0) is 6.54 Å². The second-order valence-corrected chi connectivity index (χ2v) is 7.87. The van der Waals surface area contributed by atoms with Crippen LogP contribution in [0.4, 0.5) is 5.82 Å². The molecule has 3 aromatic rings. The number of H-pyrrole nitrogens is 1.